The maximum absolute atomic E-state index is 5.02. The molecule has 0 saturated carbocycles. The fourth-order valence-electron chi connectivity index (χ4n) is 0.978. The summed E-state index contributed by atoms with van der Waals surface area (Å²) in [5.41, 5.74) is 1.01. The van der Waals surface area contributed by atoms with Crippen LogP contribution in [0.3, 0.4) is 0 Å². The van der Waals surface area contributed by atoms with Crippen LogP contribution in [0.15, 0.2) is 18.2 Å². The Morgan fingerprint density at radius 2 is 2.23 bits per heavy atom. The van der Waals surface area contributed by atoms with Gasteiger partial charge in [-0.25, -0.2) is 4.98 Å². The molecular weight excluding hydrogens is 164 g/mol. The fourth-order valence-corrected chi connectivity index (χ4v) is 0.978. The number of aromatic nitrogens is 1. The molecule has 0 aliphatic carbocycles. The highest BCUT2D eigenvalue weighted by Gasteiger charge is 1.97. The summed E-state index contributed by atoms with van der Waals surface area (Å²) in [7, 11) is 1.63. The molecule has 0 atom stereocenters. The predicted molar refractivity (Wildman–Crippen MR) is 52.8 cm³/mol. The van der Waals surface area contributed by atoms with Gasteiger partial charge in [-0.05, 0) is 6.07 Å². The minimum Gasteiger partial charge on any atom is -0.481 e. The fraction of sp³-hybridized carbons (Fsp3) is 0.500. The Kier molecular flexibility index (Phi) is 3.71. The van der Waals surface area contributed by atoms with Crippen molar-refractivity contribution in [2.75, 3.05) is 7.11 Å². The van der Waals surface area contributed by atoms with Gasteiger partial charge in [-0.2, -0.15) is 0 Å². The molecule has 1 N–H and O–H groups in total. The van der Waals surface area contributed by atoms with Gasteiger partial charge in [-0.15, -0.1) is 0 Å². The van der Waals surface area contributed by atoms with E-state index < -0.39 is 0 Å². The van der Waals surface area contributed by atoms with Crippen LogP contribution in [0.1, 0.15) is 19.5 Å². The molecule has 0 aliphatic rings. The van der Waals surface area contributed by atoms with Crippen LogP contribution in [-0.4, -0.2) is 18.1 Å². The standard InChI is InChI=1S/C10H16N2O/c1-8(2)11-7-9-5-4-6-10(12-9)13-3/h4-6,8,11H,7H2,1-3H3. The van der Waals surface area contributed by atoms with Crippen LogP contribution in [0.5, 0.6) is 5.88 Å². The maximum Gasteiger partial charge on any atom is 0.213 e. The molecule has 1 rings (SSSR count). The molecule has 0 bridgehead atoms. The highest BCUT2D eigenvalue weighted by Crippen LogP contribution is 2.06. The van der Waals surface area contributed by atoms with Crippen molar-refractivity contribution in [1.29, 1.82) is 0 Å². The van der Waals surface area contributed by atoms with E-state index in [0.717, 1.165) is 12.2 Å². The van der Waals surface area contributed by atoms with E-state index in [1.165, 1.54) is 0 Å². The van der Waals surface area contributed by atoms with E-state index in [1.807, 2.05) is 18.2 Å². The highest BCUT2D eigenvalue weighted by molar-refractivity contribution is 5.15. The third-order valence-electron chi connectivity index (χ3n) is 1.68. The molecule has 1 aromatic rings. The largest absolute Gasteiger partial charge is 0.481 e. The van der Waals surface area contributed by atoms with Crippen LogP contribution in [0.4, 0.5) is 0 Å². The summed E-state index contributed by atoms with van der Waals surface area (Å²) >= 11 is 0. The molecule has 0 aromatic carbocycles. The third kappa shape index (κ3) is 3.42. The maximum atomic E-state index is 5.02. The van der Waals surface area contributed by atoms with Crippen LogP contribution < -0.4 is 10.1 Å². The molecule has 13 heavy (non-hydrogen) atoms. The van der Waals surface area contributed by atoms with Gasteiger partial charge in [0.2, 0.25) is 5.88 Å². The molecular formula is C10H16N2O. The van der Waals surface area contributed by atoms with E-state index in [-0.39, 0.29) is 0 Å². The second-order valence-corrected chi connectivity index (χ2v) is 3.21. The quantitative estimate of drug-likeness (QED) is 0.764. The van der Waals surface area contributed by atoms with Crippen molar-refractivity contribution in [1.82, 2.24) is 10.3 Å². The molecule has 0 spiro atoms. The smallest absolute Gasteiger partial charge is 0.213 e. The highest BCUT2D eigenvalue weighted by atomic mass is 16.5. The van der Waals surface area contributed by atoms with Gasteiger partial charge in [0.15, 0.2) is 0 Å². The second-order valence-electron chi connectivity index (χ2n) is 3.21. The number of hydrogen-bond donors (Lipinski definition) is 1. The van der Waals surface area contributed by atoms with Gasteiger partial charge in [0.05, 0.1) is 12.8 Å². The van der Waals surface area contributed by atoms with Gasteiger partial charge in [0, 0.05) is 18.7 Å². The van der Waals surface area contributed by atoms with Crippen LogP contribution in [0.25, 0.3) is 0 Å². The lowest BCUT2D eigenvalue weighted by Gasteiger charge is -2.07. The van der Waals surface area contributed by atoms with Crippen molar-refractivity contribution >= 4 is 0 Å². The first-order chi connectivity index (χ1) is 6.22. The lowest BCUT2D eigenvalue weighted by Crippen LogP contribution is -2.22. The molecule has 1 aromatic heterocycles. The Balaban J connectivity index is 2.56. The van der Waals surface area contributed by atoms with Gasteiger partial charge >= 0.3 is 0 Å². The average molecular weight is 180 g/mol. The average Bonchev–Trinajstić information content (AvgIpc) is 2.15. The SMILES string of the molecule is COc1cccc(CNC(C)C)n1. The summed E-state index contributed by atoms with van der Waals surface area (Å²) in [4.78, 5) is 4.28. The van der Waals surface area contributed by atoms with Crippen molar-refractivity contribution in [3.63, 3.8) is 0 Å². The minimum atomic E-state index is 0.480. The van der Waals surface area contributed by atoms with E-state index in [9.17, 15) is 0 Å². The zero-order chi connectivity index (χ0) is 9.68. The molecule has 0 radical (unpaired) electrons. The minimum absolute atomic E-state index is 0.480. The van der Waals surface area contributed by atoms with E-state index in [4.69, 9.17) is 4.74 Å². The Morgan fingerprint density at radius 3 is 2.85 bits per heavy atom. The van der Waals surface area contributed by atoms with Gasteiger partial charge in [-0.3, -0.25) is 0 Å². The molecule has 0 amide bonds. The lowest BCUT2D eigenvalue weighted by molar-refractivity contribution is 0.395. The Hall–Kier alpha value is -1.09. The number of pyridine rings is 1. The lowest BCUT2D eigenvalue weighted by atomic mass is 10.3. The monoisotopic (exact) mass is 180 g/mol. The van der Waals surface area contributed by atoms with Crippen molar-refractivity contribution in [3.8, 4) is 5.88 Å². The Bertz CT molecular complexity index is 261. The molecule has 72 valence electrons. The van der Waals surface area contributed by atoms with Crippen molar-refractivity contribution in [2.45, 2.75) is 26.4 Å². The first kappa shape index (κ1) is 9.99. The van der Waals surface area contributed by atoms with E-state index in [0.29, 0.717) is 11.9 Å². The molecule has 0 fully saturated rings. The van der Waals surface area contributed by atoms with Gasteiger partial charge in [-0.1, -0.05) is 19.9 Å². The van der Waals surface area contributed by atoms with Crippen LogP contribution >= 0.6 is 0 Å². The van der Waals surface area contributed by atoms with Crippen molar-refractivity contribution < 1.29 is 4.74 Å². The van der Waals surface area contributed by atoms with E-state index >= 15 is 0 Å². The van der Waals surface area contributed by atoms with E-state index in [2.05, 4.69) is 24.1 Å². The van der Waals surface area contributed by atoms with Crippen molar-refractivity contribution in [2.24, 2.45) is 0 Å². The Morgan fingerprint density at radius 1 is 1.46 bits per heavy atom. The van der Waals surface area contributed by atoms with Crippen LogP contribution in [-0.2, 0) is 6.54 Å². The summed E-state index contributed by atoms with van der Waals surface area (Å²) in [6, 6.07) is 6.26. The zero-order valence-electron chi connectivity index (χ0n) is 8.37. The van der Waals surface area contributed by atoms with Gasteiger partial charge in [0.1, 0.15) is 0 Å². The molecule has 0 aliphatic heterocycles. The number of methoxy groups -OCH3 is 1. The first-order valence-electron chi connectivity index (χ1n) is 4.45. The zero-order valence-corrected chi connectivity index (χ0v) is 8.37. The van der Waals surface area contributed by atoms with Crippen LogP contribution in [0, 0.1) is 0 Å². The summed E-state index contributed by atoms with van der Waals surface area (Å²) < 4.78 is 5.02. The molecule has 0 unspecified atom stereocenters. The number of hydrogen-bond acceptors (Lipinski definition) is 3. The van der Waals surface area contributed by atoms with Gasteiger partial charge < -0.3 is 10.1 Å². The molecule has 3 nitrogen and oxygen atoms in total. The Labute approximate surface area is 79.1 Å². The molecule has 3 heteroatoms. The second kappa shape index (κ2) is 4.82. The topological polar surface area (TPSA) is 34.1 Å². The number of nitrogens with zero attached hydrogens (tertiary/aromatic N) is 1. The summed E-state index contributed by atoms with van der Waals surface area (Å²) in [5, 5.41) is 3.30. The van der Waals surface area contributed by atoms with Gasteiger partial charge in [0.25, 0.3) is 0 Å². The number of nitrogens with one attached hydrogen (secondary N) is 1. The number of rotatable bonds is 4. The first-order valence-corrected chi connectivity index (χ1v) is 4.45. The van der Waals surface area contributed by atoms with E-state index in [1.54, 1.807) is 7.11 Å². The normalized spacial score (nSPS) is 10.5. The van der Waals surface area contributed by atoms with Crippen molar-refractivity contribution in [3.05, 3.63) is 23.9 Å². The number of ether oxygens (including phenoxy) is 1. The summed E-state index contributed by atoms with van der Waals surface area (Å²) in [6.45, 7) is 5.01. The van der Waals surface area contributed by atoms with Crippen LogP contribution in [0.2, 0.25) is 0 Å². The molecule has 1 heterocycles. The third-order valence-corrected chi connectivity index (χ3v) is 1.68. The predicted octanol–water partition coefficient (Wildman–Crippen LogP) is 1.59. The summed E-state index contributed by atoms with van der Waals surface area (Å²) in [5.74, 6) is 0.669. The summed E-state index contributed by atoms with van der Waals surface area (Å²) in [6.07, 6.45) is 0. The molecule has 0 saturated heterocycles.